The predicted molar refractivity (Wildman–Crippen MR) is 93.4 cm³/mol. The molecule has 0 saturated carbocycles. The van der Waals surface area contributed by atoms with Gasteiger partial charge < -0.3 is 11.1 Å². The van der Waals surface area contributed by atoms with Gasteiger partial charge in [-0.05, 0) is 23.3 Å². The highest BCUT2D eigenvalue weighted by Gasteiger charge is 2.20. The molecular weight excluding hydrogens is 316 g/mol. The van der Waals surface area contributed by atoms with E-state index in [0.29, 0.717) is 5.56 Å². The summed E-state index contributed by atoms with van der Waals surface area (Å²) in [7, 11) is -3.54. The van der Waals surface area contributed by atoms with Crippen molar-refractivity contribution in [2.75, 3.05) is 0 Å². The van der Waals surface area contributed by atoms with Crippen LogP contribution in [-0.2, 0) is 15.6 Å². The van der Waals surface area contributed by atoms with Gasteiger partial charge in [0, 0.05) is 6.20 Å². The Morgan fingerprint density at radius 1 is 1.05 bits per heavy atom. The zero-order chi connectivity index (χ0) is 16.0. The first-order valence-corrected chi connectivity index (χ1v) is 8.63. The maximum Gasteiger partial charge on any atom is 0.184 e. The van der Waals surface area contributed by atoms with E-state index in [1.54, 1.807) is 36.4 Å². The van der Waals surface area contributed by atoms with Gasteiger partial charge >= 0.3 is 0 Å². The number of sulfone groups is 1. The number of hydrogen-bond acceptors (Lipinski definition) is 3. The van der Waals surface area contributed by atoms with Gasteiger partial charge in [0.25, 0.3) is 0 Å². The van der Waals surface area contributed by atoms with E-state index in [2.05, 4.69) is 5.32 Å². The lowest BCUT2D eigenvalue weighted by molar-refractivity contribution is 0.605. The molecule has 2 rings (SSSR count). The monoisotopic (exact) mass is 332 g/mol. The third-order valence-corrected chi connectivity index (χ3v) is 4.79. The fraction of sp³-hybridized carbons (Fsp3) is 0.0625. The second-order valence-corrected chi connectivity index (χ2v) is 7.03. The van der Waals surface area contributed by atoms with Gasteiger partial charge in [-0.2, -0.15) is 0 Å². The van der Waals surface area contributed by atoms with Crippen LogP contribution >= 0.6 is 12.2 Å². The molecule has 0 aliphatic carbocycles. The van der Waals surface area contributed by atoms with Gasteiger partial charge in [0.15, 0.2) is 14.9 Å². The number of rotatable bonds is 5. The van der Waals surface area contributed by atoms with E-state index in [4.69, 9.17) is 18.0 Å². The summed E-state index contributed by atoms with van der Waals surface area (Å²) in [6.45, 7) is 0. The molecule has 2 aromatic rings. The Kier molecular flexibility index (Phi) is 5.30. The van der Waals surface area contributed by atoms with Crippen LogP contribution in [0.25, 0.3) is 4.91 Å². The van der Waals surface area contributed by atoms with Crippen molar-refractivity contribution in [3.63, 3.8) is 0 Å². The first-order valence-electron chi connectivity index (χ1n) is 6.57. The summed E-state index contributed by atoms with van der Waals surface area (Å²) in [6, 6.07) is 17.9. The lowest BCUT2D eigenvalue weighted by Crippen LogP contribution is -2.25. The lowest BCUT2D eigenvalue weighted by Gasteiger charge is -2.10. The Bertz CT molecular complexity index is 770. The number of nitrogens with one attached hydrogen (secondary N) is 1. The van der Waals surface area contributed by atoms with Gasteiger partial charge in [0.1, 0.15) is 0 Å². The molecule has 0 aromatic heterocycles. The maximum absolute atomic E-state index is 12.7. The van der Waals surface area contributed by atoms with Gasteiger partial charge in [-0.25, -0.2) is 8.42 Å². The van der Waals surface area contributed by atoms with Gasteiger partial charge in [-0.15, -0.1) is 0 Å². The summed E-state index contributed by atoms with van der Waals surface area (Å²) < 4.78 is 25.4. The van der Waals surface area contributed by atoms with Crippen LogP contribution in [0.4, 0.5) is 0 Å². The standard InChI is InChI=1S/C16H16N2O2S2/c17-16(21)18-11-15(14-9-5-2-6-10-14)22(19,20)12-13-7-3-1-4-8-13/h1-11H,12H2,(H3,17,18,21)/b15-11+. The van der Waals surface area contributed by atoms with Crippen molar-refractivity contribution in [1.82, 2.24) is 5.32 Å². The molecule has 0 amide bonds. The Hall–Kier alpha value is -2.18. The number of nitrogens with two attached hydrogens (primary N) is 1. The van der Waals surface area contributed by atoms with Crippen LogP contribution in [0.1, 0.15) is 11.1 Å². The maximum atomic E-state index is 12.7. The minimum absolute atomic E-state index is 0.0170. The highest BCUT2D eigenvalue weighted by Crippen LogP contribution is 2.24. The number of benzene rings is 2. The second kappa shape index (κ2) is 7.20. The second-order valence-electron chi connectivity index (χ2n) is 4.63. The highest BCUT2D eigenvalue weighted by atomic mass is 32.2. The lowest BCUT2D eigenvalue weighted by atomic mass is 10.2. The van der Waals surface area contributed by atoms with Crippen molar-refractivity contribution in [3.8, 4) is 0 Å². The van der Waals surface area contributed by atoms with E-state index in [1.165, 1.54) is 6.20 Å². The van der Waals surface area contributed by atoms with E-state index in [1.807, 2.05) is 24.3 Å². The normalized spacial score (nSPS) is 11.9. The minimum Gasteiger partial charge on any atom is -0.376 e. The molecule has 0 aliphatic heterocycles. The SMILES string of the molecule is NC(=S)N/C=C(\c1ccccc1)S(=O)(=O)Cc1ccccc1. The topological polar surface area (TPSA) is 72.2 Å². The molecule has 0 unspecified atom stereocenters. The van der Waals surface area contributed by atoms with Gasteiger partial charge in [-0.3, -0.25) is 0 Å². The van der Waals surface area contributed by atoms with E-state index in [-0.39, 0.29) is 15.8 Å². The van der Waals surface area contributed by atoms with Crippen molar-refractivity contribution in [2.24, 2.45) is 5.73 Å². The fourth-order valence-corrected chi connectivity index (χ4v) is 3.54. The minimum atomic E-state index is -3.54. The quantitative estimate of drug-likeness (QED) is 0.823. The highest BCUT2D eigenvalue weighted by molar-refractivity contribution is 7.99. The molecule has 0 heterocycles. The summed E-state index contributed by atoms with van der Waals surface area (Å²) in [5.74, 6) is -0.0897. The number of thiocarbonyl (C=S) groups is 1. The molecule has 0 saturated heterocycles. The van der Waals surface area contributed by atoms with Gasteiger partial charge in [0.05, 0.1) is 10.7 Å². The average molecular weight is 332 g/mol. The molecule has 114 valence electrons. The van der Waals surface area contributed by atoms with Crippen LogP contribution in [0.5, 0.6) is 0 Å². The fourth-order valence-electron chi connectivity index (χ4n) is 1.96. The van der Waals surface area contributed by atoms with Gasteiger partial charge in [-0.1, -0.05) is 60.7 Å². The van der Waals surface area contributed by atoms with Crippen molar-refractivity contribution in [3.05, 3.63) is 78.0 Å². The van der Waals surface area contributed by atoms with Crippen molar-refractivity contribution in [1.29, 1.82) is 0 Å². The average Bonchev–Trinajstić information content (AvgIpc) is 2.48. The van der Waals surface area contributed by atoms with E-state index < -0.39 is 9.84 Å². The van der Waals surface area contributed by atoms with E-state index >= 15 is 0 Å². The van der Waals surface area contributed by atoms with Crippen LogP contribution in [0.3, 0.4) is 0 Å². The molecule has 0 atom stereocenters. The first kappa shape index (κ1) is 16.2. The van der Waals surface area contributed by atoms with E-state index in [9.17, 15) is 8.42 Å². The summed E-state index contributed by atoms with van der Waals surface area (Å²) in [4.78, 5) is 0.157. The molecule has 0 spiro atoms. The summed E-state index contributed by atoms with van der Waals surface area (Å²) in [5.41, 5.74) is 6.70. The Labute approximate surface area is 135 Å². The Balaban J connectivity index is 2.40. The van der Waals surface area contributed by atoms with Gasteiger partial charge in [0.2, 0.25) is 0 Å². The van der Waals surface area contributed by atoms with Crippen molar-refractivity contribution < 1.29 is 8.42 Å². The zero-order valence-electron chi connectivity index (χ0n) is 11.8. The summed E-state index contributed by atoms with van der Waals surface area (Å²) in [5, 5.41) is 2.62. The predicted octanol–water partition coefficient (Wildman–Crippen LogP) is 2.43. The number of hydrogen-bond donors (Lipinski definition) is 2. The smallest absolute Gasteiger partial charge is 0.184 e. The molecule has 0 radical (unpaired) electrons. The molecule has 2 aromatic carbocycles. The third kappa shape index (κ3) is 4.41. The molecule has 3 N–H and O–H groups in total. The molecule has 0 fully saturated rings. The Morgan fingerprint density at radius 3 is 2.14 bits per heavy atom. The van der Waals surface area contributed by atoms with E-state index in [0.717, 1.165) is 5.56 Å². The molecule has 22 heavy (non-hydrogen) atoms. The molecular formula is C16H16N2O2S2. The van der Waals surface area contributed by atoms with Crippen LogP contribution < -0.4 is 11.1 Å². The third-order valence-electron chi connectivity index (χ3n) is 2.94. The molecule has 0 aliphatic rings. The van der Waals surface area contributed by atoms with Crippen LogP contribution in [0.2, 0.25) is 0 Å². The Morgan fingerprint density at radius 2 is 1.59 bits per heavy atom. The van der Waals surface area contributed by atoms with Crippen LogP contribution in [0, 0.1) is 0 Å². The molecule has 0 bridgehead atoms. The summed E-state index contributed by atoms with van der Waals surface area (Å²) >= 11 is 4.74. The first-order chi connectivity index (χ1) is 10.5. The van der Waals surface area contributed by atoms with Crippen molar-refractivity contribution in [2.45, 2.75) is 5.75 Å². The largest absolute Gasteiger partial charge is 0.376 e. The van der Waals surface area contributed by atoms with Crippen molar-refractivity contribution >= 4 is 32.1 Å². The zero-order valence-corrected chi connectivity index (χ0v) is 13.4. The summed E-state index contributed by atoms with van der Waals surface area (Å²) in [6.07, 6.45) is 1.34. The molecule has 4 nitrogen and oxygen atoms in total. The molecule has 6 heteroatoms. The van der Waals surface area contributed by atoms with Crippen LogP contribution in [0.15, 0.2) is 66.9 Å². The van der Waals surface area contributed by atoms with Crippen LogP contribution in [-0.4, -0.2) is 13.5 Å².